The lowest BCUT2D eigenvalue weighted by atomic mass is 10.1. The van der Waals surface area contributed by atoms with Crippen LogP contribution in [0.5, 0.6) is 5.75 Å². The van der Waals surface area contributed by atoms with E-state index in [-0.39, 0.29) is 11.9 Å². The molecular weight excluding hydrogens is 290 g/mol. The van der Waals surface area contributed by atoms with Crippen LogP contribution in [0.4, 0.5) is 0 Å². The van der Waals surface area contributed by atoms with Gasteiger partial charge in [0.1, 0.15) is 18.4 Å². The molecule has 1 aromatic carbocycles. The van der Waals surface area contributed by atoms with E-state index in [1.165, 1.54) is 0 Å². The molecular formula is C15H22ClN3O2. The summed E-state index contributed by atoms with van der Waals surface area (Å²) in [5.41, 5.74) is 6.19. The third-order valence-electron chi connectivity index (χ3n) is 3.40. The fourth-order valence-electron chi connectivity index (χ4n) is 2.35. The average molecular weight is 312 g/mol. The van der Waals surface area contributed by atoms with Crippen LogP contribution in [0.25, 0.3) is 0 Å². The lowest BCUT2D eigenvalue weighted by molar-refractivity contribution is -0.123. The van der Waals surface area contributed by atoms with Gasteiger partial charge in [0, 0.05) is 11.1 Å². The van der Waals surface area contributed by atoms with Gasteiger partial charge in [-0.2, -0.15) is 0 Å². The van der Waals surface area contributed by atoms with Crippen LogP contribution in [0.3, 0.4) is 0 Å². The first-order valence-corrected chi connectivity index (χ1v) is 7.74. The van der Waals surface area contributed by atoms with Crippen molar-refractivity contribution in [2.45, 2.75) is 38.3 Å². The Morgan fingerprint density at radius 1 is 1.48 bits per heavy atom. The average Bonchev–Trinajstić information content (AvgIpc) is 2.93. The lowest BCUT2D eigenvalue weighted by Gasteiger charge is -2.11. The Morgan fingerprint density at radius 2 is 2.33 bits per heavy atom. The SMILES string of the molecule is CCCC1CC(C(=O)NCCOc2cccc(Cl)c2)NN1. The maximum absolute atomic E-state index is 12.0. The summed E-state index contributed by atoms with van der Waals surface area (Å²) in [6, 6.07) is 7.44. The summed E-state index contributed by atoms with van der Waals surface area (Å²) in [6.45, 7) is 3.04. The van der Waals surface area contributed by atoms with Gasteiger partial charge in [-0.15, -0.1) is 0 Å². The molecule has 1 fully saturated rings. The summed E-state index contributed by atoms with van der Waals surface area (Å²) in [6.07, 6.45) is 3.02. The largest absolute Gasteiger partial charge is 0.492 e. The molecule has 1 aromatic rings. The van der Waals surface area contributed by atoms with Gasteiger partial charge in [-0.3, -0.25) is 10.2 Å². The second-order valence-corrected chi connectivity index (χ2v) is 5.60. The van der Waals surface area contributed by atoms with Gasteiger partial charge in [0.25, 0.3) is 0 Å². The van der Waals surface area contributed by atoms with Gasteiger partial charge in [-0.1, -0.05) is 31.0 Å². The molecule has 2 rings (SSSR count). The van der Waals surface area contributed by atoms with Crippen LogP contribution in [0.1, 0.15) is 26.2 Å². The van der Waals surface area contributed by atoms with E-state index >= 15 is 0 Å². The van der Waals surface area contributed by atoms with Crippen molar-refractivity contribution in [2.75, 3.05) is 13.2 Å². The van der Waals surface area contributed by atoms with Gasteiger partial charge in [-0.05, 0) is 31.0 Å². The molecule has 3 N–H and O–H groups in total. The second kappa shape index (κ2) is 8.22. The summed E-state index contributed by atoms with van der Waals surface area (Å²) in [4.78, 5) is 12.0. The Morgan fingerprint density at radius 3 is 3.10 bits per heavy atom. The van der Waals surface area contributed by atoms with Crippen LogP contribution in [0, 0.1) is 0 Å². The number of nitrogens with one attached hydrogen (secondary N) is 3. The minimum absolute atomic E-state index is 0.01000. The Kier molecular flexibility index (Phi) is 6.29. The van der Waals surface area contributed by atoms with Crippen LogP contribution in [-0.2, 0) is 4.79 Å². The maximum atomic E-state index is 12.0. The zero-order chi connectivity index (χ0) is 15.1. The van der Waals surface area contributed by atoms with Crippen LogP contribution in [0.15, 0.2) is 24.3 Å². The Labute approximate surface area is 130 Å². The molecule has 0 spiro atoms. The van der Waals surface area contributed by atoms with E-state index in [0.717, 1.165) is 19.3 Å². The molecule has 1 heterocycles. The molecule has 6 heteroatoms. The van der Waals surface area contributed by atoms with Crippen LogP contribution >= 0.6 is 11.6 Å². The highest BCUT2D eigenvalue weighted by atomic mass is 35.5. The van der Waals surface area contributed by atoms with Crippen molar-refractivity contribution < 1.29 is 9.53 Å². The van der Waals surface area contributed by atoms with Gasteiger partial charge in [-0.25, -0.2) is 5.43 Å². The third-order valence-corrected chi connectivity index (χ3v) is 3.64. The highest BCUT2D eigenvalue weighted by molar-refractivity contribution is 6.30. The maximum Gasteiger partial charge on any atom is 0.238 e. The number of hydrazine groups is 1. The number of carbonyl (C=O) groups excluding carboxylic acids is 1. The summed E-state index contributed by atoms with van der Waals surface area (Å²) in [5, 5.41) is 3.51. The molecule has 21 heavy (non-hydrogen) atoms. The summed E-state index contributed by atoms with van der Waals surface area (Å²) < 4.78 is 5.52. The highest BCUT2D eigenvalue weighted by Gasteiger charge is 2.28. The quantitative estimate of drug-likeness (QED) is 0.673. The Bertz CT molecular complexity index is 470. The Balaban J connectivity index is 1.63. The first-order valence-electron chi connectivity index (χ1n) is 7.36. The second-order valence-electron chi connectivity index (χ2n) is 5.16. The third kappa shape index (κ3) is 5.19. The molecule has 0 aliphatic carbocycles. The number of hydrogen-bond donors (Lipinski definition) is 3. The molecule has 1 amide bonds. The predicted molar refractivity (Wildman–Crippen MR) is 83.3 cm³/mol. The fourth-order valence-corrected chi connectivity index (χ4v) is 2.54. The smallest absolute Gasteiger partial charge is 0.238 e. The van der Waals surface area contributed by atoms with Crippen molar-refractivity contribution >= 4 is 17.5 Å². The van der Waals surface area contributed by atoms with Crippen molar-refractivity contribution in [3.05, 3.63) is 29.3 Å². The number of rotatable bonds is 7. The normalized spacial score (nSPS) is 21.2. The molecule has 1 aliphatic rings. The molecule has 0 aromatic heterocycles. The topological polar surface area (TPSA) is 62.4 Å². The monoisotopic (exact) mass is 311 g/mol. The van der Waals surface area contributed by atoms with Crippen molar-refractivity contribution in [1.82, 2.24) is 16.2 Å². The summed E-state index contributed by atoms with van der Waals surface area (Å²) >= 11 is 5.87. The molecule has 1 saturated heterocycles. The van der Waals surface area contributed by atoms with Gasteiger partial charge >= 0.3 is 0 Å². The first-order chi connectivity index (χ1) is 10.2. The number of benzene rings is 1. The van der Waals surface area contributed by atoms with Crippen molar-refractivity contribution in [1.29, 1.82) is 0 Å². The molecule has 2 atom stereocenters. The van der Waals surface area contributed by atoms with Crippen LogP contribution in [-0.4, -0.2) is 31.1 Å². The fraction of sp³-hybridized carbons (Fsp3) is 0.533. The van der Waals surface area contributed by atoms with Crippen molar-refractivity contribution in [2.24, 2.45) is 0 Å². The van der Waals surface area contributed by atoms with Crippen LogP contribution in [0.2, 0.25) is 5.02 Å². The van der Waals surface area contributed by atoms with Gasteiger partial charge < -0.3 is 10.1 Å². The number of hydrogen-bond acceptors (Lipinski definition) is 4. The van der Waals surface area contributed by atoms with E-state index in [9.17, 15) is 4.79 Å². The lowest BCUT2D eigenvalue weighted by Crippen LogP contribution is -2.44. The molecule has 1 aliphatic heterocycles. The molecule has 0 bridgehead atoms. The minimum atomic E-state index is -0.160. The number of carbonyl (C=O) groups is 1. The molecule has 116 valence electrons. The van der Waals surface area contributed by atoms with E-state index in [0.29, 0.717) is 30.0 Å². The standard InChI is InChI=1S/C15H22ClN3O2/c1-2-4-12-10-14(19-18-12)15(20)17-7-8-21-13-6-3-5-11(16)9-13/h3,5-6,9,12,14,18-19H,2,4,7-8,10H2,1H3,(H,17,20). The molecule has 2 unspecified atom stereocenters. The number of amides is 1. The van der Waals surface area contributed by atoms with Gasteiger partial charge in [0.2, 0.25) is 5.91 Å². The number of ether oxygens (including phenoxy) is 1. The zero-order valence-electron chi connectivity index (χ0n) is 12.2. The summed E-state index contributed by atoms with van der Waals surface area (Å²) in [7, 11) is 0. The van der Waals surface area contributed by atoms with Crippen molar-refractivity contribution in [3.8, 4) is 5.75 Å². The van der Waals surface area contributed by atoms with E-state index in [1.54, 1.807) is 12.1 Å². The van der Waals surface area contributed by atoms with E-state index in [2.05, 4.69) is 23.1 Å². The van der Waals surface area contributed by atoms with E-state index in [4.69, 9.17) is 16.3 Å². The van der Waals surface area contributed by atoms with Gasteiger partial charge in [0.05, 0.1) is 6.54 Å². The van der Waals surface area contributed by atoms with E-state index in [1.807, 2.05) is 12.1 Å². The van der Waals surface area contributed by atoms with Gasteiger partial charge in [0.15, 0.2) is 0 Å². The molecule has 5 nitrogen and oxygen atoms in total. The number of halogens is 1. The zero-order valence-corrected chi connectivity index (χ0v) is 13.0. The summed E-state index contributed by atoms with van der Waals surface area (Å²) in [5.74, 6) is 0.719. The van der Waals surface area contributed by atoms with Crippen LogP contribution < -0.4 is 20.9 Å². The minimum Gasteiger partial charge on any atom is -0.492 e. The first kappa shape index (κ1) is 16.1. The molecule has 0 saturated carbocycles. The van der Waals surface area contributed by atoms with E-state index < -0.39 is 0 Å². The van der Waals surface area contributed by atoms with Crippen molar-refractivity contribution in [3.63, 3.8) is 0 Å². The Hall–Kier alpha value is -1.30. The predicted octanol–water partition coefficient (Wildman–Crippen LogP) is 1.87. The molecule has 0 radical (unpaired) electrons. The highest BCUT2D eigenvalue weighted by Crippen LogP contribution is 2.16.